The molecule has 0 fully saturated rings. The highest BCUT2D eigenvalue weighted by molar-refractivity contribution is 8.00. The van der Waals surface area contributed by atoms with Gasteiger partial charge in [0.15, 0.2) is 11.5 Å². The molecule has 4 rings (SSSR count). The number of anilines is 2. The summed E-state index contributed by atoms with van der Waals surface area (Å²) in [5, 5.41) is 9.06. The van der Waals surface area contributed by atoms with E-state index in [1.54, 1.807) is 73.7 Å². The number of hydrogen-bond acceptors (Lipinski definition) is 11. The largest absolute Gasteiger partial charge is 0.493 e. The Morgan fingerprint density at radius 2 is 1.61 bits per heavy atom. The molecule has 0 aliphatic carbocycles. The second-order valence-corrected chi connectivity index (χ2v) is 12.8. The van der Waals surface area contributed by atoms with Gasteiger partial charge in [-0.05, 0) is 72.8 Å². The smallest absolute Gasteiger partial charge is 0.272 e. The molecule has 240 valence electrons. The lowest BCUT2D eigenvalue weighted by Gasteiger charge is -2.15. The number of nitrogens with zero attached hydrogens (tertiary/aromatic N) is 2. The van der Waals surface area contributed by atoms with Crippen molar-refractivity contribution in [2.75, 3.05) is 37.7 Å². The van der Waals surface area contributed by atoms with E-state index >= 15 is 0 Å². The molecule has 4 aromatic rings. The van der Waals surface area contributed by atoms with Crippen LogP contribution in [-0.4, -0.2) is 59.4 Å². The maximum absolute atomic E-state index is 13.5. The van der Waals surface area contributed by atoms with E-state index in [2.05, 4.69) is 25.3 Å². The second kappa shape index (κ2) is 16.7. The summed E-state index contributed by atoms with van der Waals surface area (Å²) in [6, 6.07) is 19.0. The van der Waals surface area contributed by atoms with E-state index in [0.29, 0.717) is 44.4 Å². The summed E-state index contributed by atoms with van der Waals surface area (Å²) in [7, 11) is 4.48. The van der Waals surface area contributed by atoms with E-state index in [1.165, 1.54) is 50.9 Å². The number of nitrogens with one attached hydrogen (secondary N) is 3. The first-order chi connectivity index (χ1) is 22.2. The number of ether oxygens (including phenoxy) is 3. The zero-order valence-corrected chi connectivity index (χ0v) is 28.2. The lowest BCUT2D eigenvalue weighted by Crippen LogP contribution is -2.30. The molecule has 1 unspecified atom stereocenters. The molecule has 3 aromatic carbocycles. The van der Waals surface area contributed by atoms with Gasteiger partial charge >= 0.3 is 0 Å². The Labute approximate surface area is 279 Å². The molecule has 46 heavy (non-hydrogen) atoms. The van der Waals surface area contributed by atoms with Gasteiger partial charge in [0.25, 0.3) is 11.8 Å². The SMILES string of the molecule is CCSc1nsc(NC(=O)C(C)Sc2ccc(NC(=O)/C(=C/c3cc(OC)c(OC)c(OC)c3)NC(=O)c3ccccc3)cc2)n1. The molecule has 1 atom stereocenters. The fraction of sp³-hybridized carbons (Fsp3) is 0.219. The fourth-order valence-corrected chi connectivity index (χ4v) is 6.16. The first-order valence-electron chi connectivity index (χ1n) is 14.0. The Kier molecular flexibility index (Phi) is 12.5. The number of hydrogen-bond donors (Lipinski definition) is 3. The topological polar surface area (TPSA) is 141 Å². The Morgan fingerprint density at radius 1 is 0.935 bits per heavy atom. The van der Waals surface area contributed by atoms with Crippen LogP contribution in [0.1, 0.15) is 29.8 Å². The fourth-order valence-electron chi connectivity index (χ4n) is 4.02. The molecule has 1 heterocycles. The molecular weight excluding hydrogens is 647 g/mol. The minimum atomic E-state index is -0.552. The molecule has 0 saturated carbocycles. The van der Waals surface area contributed by atoms with Crippen LogP contribution in [0.25, 0.3) is 6.08 Å². The Hall–Kier alpha value is -4.53. The molecule has 0 aliphatic heterocycles. The molecule has 11 nitrogen and oxygen atoms in total. The third kappa shape index (κ3) is 9.25. The van der Waals surface area contributed by atoms with Crippen molar-refractivity contribution in [1.29, 1.82) is 0 Å². The Balaban J connectivity index is 1.49. The number of amides is 3. The van der Waals surface area contributed by atoms with Crippen LogP contribution in [0.5, 0.6) is 17.2 Å². The molecule has 0 aliphatic rings. The molecule has 0 bridgehead atoms. The predicted molar refractivity (Wildman–Crippen MR) is 183 cm³/mol. The maximum atomic E-state index is 13.5. The number of aromatic nitrogens is 2. The van der Waals surface area contributed by atoms with Crippen LogP contribution in [0.2, 0.25) is 0 Å². The van der Waals surface area contributed by atoms with Crippen molar-refractivity contribution in [3.05, 3.63) is 83.6 Å². The van der Waals surface area contributed by atoms with Crippen molar-refractivity contribution in [3.8, 4) is 17.2 Å². The summed E-state index contributed by atoms with van der Waals surface area (Å²) in [6.45, 7) is 3.81. The highest BCUT2D eigenvalue weighted by Crippen LogP contribution is 2.38. The molecule has 3 amide bonds. The lowest BCUT2D eigenvalue weighted by molar-refractivity contribution is -0.115. The molecule has 14 heteroatoms. The van der Waals surface area contributed by atoms with Crippen LogP contribution in [0.4, 0.5) is 10.8 Å². The second-order valence-electron chi connectivity index (χ2n) is 9.38. The van der Waals surface area contributed by atoms with Crippen LogP contribution in [0, 0.1) is 0 Å². The average Bonchev–Trinajstić information content (AvgIpc) is 3.51. The molecular formula is C32H33N5O6S3. The van der Waals surface area contributed by atoms with E-state index in [0.717, 1.165) is 22.2 Å². The van der Waals surface area contributed by atoms with Crippen molar-refractivity contribution in [1.82, 2.24) is 14.7 Å². The number of thioether (sulfide) groups is 2. The third-order valence-corrected chi connectivity index (χ3v) is 8.82. The molecule has 0 radical (unpaired) electrons. The summed E-state index contributed by atoms with van der Waals surface area (Å²) in [6.07, 6.45) is 1.52. The van der Waals surface area contributed by atoms with Gasteiger partial charge in [0.05, 0.1) is 26.6 Å². The van der Waals surface area contributed by atoms with Gasteiger partial charge in [-0.25, -0.2) is 0 Å². The minimum absolute atomic E-state index is 0.0101. The first-order valence-corrected chi connectivity index (χ1v) is 16.6. The monoisotopic (exact) mass is 679 g/mol. The maximum Gasteiger partial charge on any atom is 0.272 e. The van der Waals surface area contributed by atoms with E-state index < -0.39 is 17.1 Å². The average molecular weight is 680 g/mol. The summed E-state index contributed by atoms with van der Waals surface area (Å²) in [5.41, 5.74) is 1.40. The van der Waals surface area contributed by atoms with Gasteiger partial charge in [-0.2, -0.15) is 9.36 Å². The quantitative estimate of drug-likeness (QED) is 0.104. The number of rotatable bonds is 14. The number of carbonyl (C=O) groups excluding carboxylic acids is 3. The first kappa shape index (κ1) is 34.3. The van der Waals surface area contributed by atoms with Crippen molar-refractivity contribution < 1.29 is 28.6 Å². The van der Waals surface area contributed by atoms with Gasteiger partial charge in [-0.1, -0.05) is 36.9 Å². The van der Waals surface area contributed by atoms with E-state index in [-0.39, 0.29) is 11.6 Å². The zero-order valence-electron chi connectivity index (χ0n) is 25.8. The molecule has 0 spiro atoms. The zero-order chi connectivity index (χ0) is 33.1. The third-order valence-electron chi connectivity index (χ3n) is 6.23. The Morgan fingerprint density at radius 3 is 2.22 bits per heavy atom. The summed E-state index contributed by atoms with van der Waals surface area (Å²) in [4.78, 5) is 44.4. The minimum Gasteiger partial charge on any atom is -0.493 e. The Bertz CT molecular complexity index is 1670. The van der Waals surface area contributed by atoms with Crippen molar-refractivity contribution in [2.24, 2.45) is 0 Å². The van der Waals surface area contributed by atoms with Crippen molar-refractivity contribution in [2.45, 2.75) is 29.1 Å². The van der Waals surface area contributed by atoms with Crippen LogP contribution in [0.15, 0.2) is 82.5 Å². The lowest BCUT2D eigenvalue weighted by atomic mass is 10.1. The highest BCUT2D eigenvalue weighted by atomic mass is 32.2. The molecule has 0 saturated heterocycles. The standard InChI is InChI=1S/C32H33N5O6S3/c1-6-44-32-36-31(46-37-32)35-28(38)19(2)45-23-14-12-22(13-15-23)33-30(40)24(34-29(39)21-10-8-7-9-11-21)16-20-17-25(41-3)27(43-5)26(18-20)42-4/h7-19H,6H2,1-5H3,(H,33,40)(H,34,39)(H,35,36,37,38)/b24-16-. The molecule has 1 aromatic heterocycles. The number of carbonyl (C=O) groups is 3. The van der Waals surface area contributed by atoms with Crippen LogP contribution in [-0.2, 0) is 9.59 Å². The van der Waals surface area contributed by atoms with Crippen molar-refractivity contribution in [3.63, 3.8) is 0 Å². The van der Waals surface area contributed by atoms with Gasteiger partial charge in [0.1, 0.15) is 5.70 Å². The summed E-state index contributed by atoms with van der Waals surface area (Å²) >= 11 is 4.02. The van der Waals surface area contributed by atoms with Gasteiger partial charge < -0.3 is 24.8 Å². The van der Waals surface area contributed by atoms with Gasteiger partial charge in [-0.15, -0.1) is 11.8 Å². The van der Waals surface area contributed by atoms with E-state index in [1.807, 2.05) is 6.92 Å². The van der Waals surface area contributed by atoms with Crippen LogP contribution >= 0.6 is 35.1 Å². The van der Waals surface area contributed by atoms with Crippen LogP contribution in [0.3, 0.4) is 0 Å². The number of methoxy groups -OCH3 is 3. The highest BCUT2D eigenvalue weighted by Gasteiger charge is 2.19. The van der Waals surface area contributed by atoms with Crippen LogP contribution < -0.4 is 30.2 Å². The van der Waals surface area contributed by atoms with E-state index in [4.69, 9.17) is 14.2 Å². The van der Waals surface area contributed by atoms with Gasteiger partial charge in [-0.3, -0.25) is 19.7 Å². The normalized spacial score (nSPS) is 11.7. The molecule has 3 N–H and O–H groups in total. The summed E-state index contributed by atoms with van der Waals surface area (Å²) < 4.78 is 20.5. The summed E-state index contributed by atoms with van der Waals surface area (Å²) in [5.74, 6) is 0.823. The predicted octanol–water partition coefficient (Wildman–Crippen LogP) is 6.20. The number of benzene rings is 3. The van der Waals surface area contributed by atoms with Gasteiger partial charge in [0.2, 0.25) is 21.9 Å². The van der Waals surface area contributed by atoms with E-state index in [9.17, 15) is 14.4 Å². The van der Waals surface area contributed by atoms with Gasteiger partial charge in [0, 0.05) is 27.7 Å². The van der Waals surface area contributed by atoms with Crippen molar-refractivity contribution >= 4 is 69.7 Å².